The lowest BCUT2D eigenvalue weighted by atomic mass is 10.0. The zero-order valence-corrected chi connectivity index (χ0v) is 19.2. The Kier molecular flexibility index (Phi) is 5.56. The second-order valence-electron chi connectivity index (χ2n) is 8.86. The van der Waals surface area contributed by atoms with Gasteiger partial charge in [0.2, 0.25) is 11.9 Å². The maximum absolute atomic E-state index is 14.4. The van der Waals surface area contributed by atoms with Crippen LogP contribution in [0.3, 0.4) is 0 Å². The van der Waals surface area contributed by atoms with E-state index in [0.717, 1.165) is 17.2 Å². The average Bonchev–Trinajstić information content (AvgIpc) is 3.25. The quantitative estimate of drug-likeness (QED) is 0.530. The highest BCUT2D eigenvalue weighted by Crippen LogP contribution is 2.43. The third-order valence-corrected chi connectivity index (χ3v) is 6.16. The molecule has 0 unspecified atom stereocenters. The predicted molar refractivity (Wildman–Crippen MR) is 119 cm³/mol. The molecule has 0 bridgehead atoms. The van der Waals surface area contributed by atoms with Crippen molar-refractivity contribution in [3.63, 3.8) is 0 Å². The van der Waals surface area contributed by atoms with Crippen molar-refractivity contribution in [3.05, 3.63) is 53.2 Å². The Morgan fingerprint density at radius 1 is 1.17 bits per heavy atom. The fourth-order valence-corrected chi connectivity index (χ4v) is 4.22. The van der Waals surface area contributed by atoms with Crippen LogP contribution in [0.25, 0.3) is 0 Å². The van der Waals surface area contributed by atoms with Crippen LogP contribution in [0.4, 0.5) is 39.4 Å². The summed E-state index contributed by atoms with van der Waals surface area (Å²) in [6.07, 6.45) is -0.698. The summed E-state index contributed by atoms with van der Waals surface area (Å²) in [5, 5.41) is 7.21. The summed E-state index contributed by atoms with van der Waals surface area (Å²) >= 11 is 0. The van der Waals surface area contributed by atoms with Gasteiger partial charge in [0.15, 0.2) is 5.82 Å². The molecule has 1 N–H and O–H groups in total. The van der Waals surface area contributed by atoms with Crippen molar-refractivity contribution in [2.75, 3.05) is 28.7 Å². The van der Waals surface area contributed by atoms with E-state index in [1.807, 2.05) is 0 Å². The van der Waals surface area contributed by atoms with Gasteiger partial charge in [0.05, 0.1) is 31.4 Å². The molecule has 3 aromatic heterocycles. The number of halogens is 5. The summed E-state index contributed by atoms with van der Waals surface area (Å²) in [6, 6.07) is 1.60. The molecule has 3 aromatic rings. The maximum atomic E-state index is 14.4. The number of rotatable bonds is 5. The summed E-state index contributed by atoms with van der Waals surface area (Å²) in [4.78, 5) is 27.5. The molecule has 36 heavy (non-hydrogen) atoms. The Morgan fingerprint density at radius 2 is 1.94 bits per heavy atom. The van der Waals surface area contributed by atoms with Crippen LogP contribution in [0.2, 0.25) is 0 Å². The minimum Gasteiger partial charge on any atom is -0.350 e. The van der Waals surface area contributed by atoms with Crippen LogP contribution in [0.5, 0.6) is 0 Å². The molecule has 0 saturated heterocycles. The molecule has 9 nitrogen and oxygen atoms in total. The number of anilines is 3. The van der Waals surface area contributed by atoms with Gasteiger partial charge in [-0.25, -0.2) is 13.8 Å². The Labute approximate surface area is 202 Å². The molecular weight excluding hydrogens is 487 g/mol. The van der Waals surface area contributed by atoms with E-state index in [1.165, 1.54) is 10.7 Å². The van der Waals surface area contributed by atoms with Crippen molar-refractivity contribution in [2.45, 2.75) is 44.6 Å². The lowest BCUT2D eigenvalue weighted by Crippen LogP contribution is -2.57. The van der Waals surface area contributed by atoms with E-state index in [0.29, 0.717) is 22.6 Å². The Balaban J connectivity index is 1.31. The van der Waals surface area contributed by atoms with Crippen molar-refractivity contribution in [2.24, 2.45) is 0 Å². The maximum Gasteiger partial charge on any atom is 0.433 e. The van der Waals surface area contributed by atoms with Gasteiger partial charge in [0.1, 0.15) is 17.4 Å². The average molecular weight is 508 g/mol. The molecule has 190 valence electrons. The number of aromatic nitrogens is 5. The highest BCUT2D eigenvalue weighted by atomic mass is 19.4. The van der Waals surface area contributed by atoms with Crippen LogP contribution in [-0.2, 0) is 30.5 Å². The van der Waals surface area contributed by atoms with Crippen molar-refractivity contribution >= 4 is 23.4 Å². The van der Waals surface area contributed by atoms with Gasteiger partial charge in [-0.15, -0.1) is 0 Å². The fourth-order valence-electron chi connectivity index (χ4n) is 4.22. The Morgan fingerprint density at radius 3 is 2.64 bits per heavy atom. The predicted octanol–water partition coefficient (Wildman–Crippen LogP) is 3.11. The molecule has 2 aliphatic rings. The first-order chi connectivity index (χ1) is 16.9. The van der Waals surface area contributed by atoms with Crippen LogP contribution in [0, 0.1) is 0 Å². The second-order valence-corrected chi connectivity index (χ2v) is 8.86. The third kappa shape index (κ3) is 4.42. The Bertz CT molecular complexity index is 1310. The standard InChI is InChI=1S/C22H21F5N8O/c1-12-19(36)35-11-21(23,24)5-15-17(35)18(33(12)2)32-20(31-15)29-7-14-8-30-34(10-14)9-13-3-4-16(28-6-13)22(25,26)27/h3-4,6,8,10,12H,5,7,9,11H2,1-2H3,(H,29,31,32)/t12-/m0/s1. The number of hydrogen-bond donors (Lipinski definition) is 1. The van der Waals surface area contributed by atoms with Crippen molar-refractivity contribution in [1.82, 2.24) is 24.7 Å². The molecule has 0 spiro atoms. The van der Waals surface area contributed by atoms with Crippen LogP contribution in [-0.4, -0.2) is 56.2 Å². The molecule has 5 rings (SSSR count). The van der Waals surface area contributed by atoms with Gasteiger partial charge in [-0.3, -0.25) is 19.4 Å². The number of hydrogen-bond acceptors (Lipinski definition) is 7. The summed E-state index contributed by atoms with van der Waals surface area (Å²) in [5.41, 5.74) is 0.700. The van der Waals surface area contributed by atoms with Gasteiger partial charge in [0.25, 0.3) is 5.92 Å². The molecule has 1 atom stereocenters. The summed E-state index contributed by atoms with van der Waals surface area (Å²) in [7, 11) is 1.68. The minimum atomic E-state index is -4.50. The minimum absolute atomic E-state index is 0.0938. The lowest BCUT2D eigenvalue weighted by molar-refractivity contribution is -0.141. The molecule has 14 heteroatoms. The first-order valence-electron chi connectivity index (χ1n) is 11.0. The van der Waals surface area contributed by atoms with E-state index in [-0.39, 0.29) is 24.7 Å². The van der Waals surface area contributed by atoms with E-state index in [4.69, 9.17) is 0 Å². The number of nitrogens with one attached hydrogen (secondary N) is 1. The summed E-state index contributed by atoms with van der Waals surface area (Å²) in [5.74, 6) is -2.99. The smallest absolute Gasteiger partial charge is 0.350 e. The van der Waals surface area contributed by atoms with E-state index in [9.17, 15) is 26.7 Å². The molecular formula is C22H21F5N8O. The molecule has 0 aliphatic carbocycles. The van der Waals surface area contributed by atoms with E-state index < -0.39 is 42.7 Å². The SMILES string of the molecule is C[C@H]1C(=O)N2CC(F)(F)Cc3nc(NCc4cnn(Cc5ccc(C(F)(F)F)nc5)c4)nc(c32)N1C. The largest absolute Gasteiger partial charge is 0.433 e. The molecule has 0 aromatic carbocycles. The molecule has 0 radical (unpaired) electrons. The number of likely N-dealkylation sites (N-methyl/N-ethyl adjacent to an activating group) is 1. The number of alkyl halides is 5. The topological polar surface area (TPSA) is 92.1 Å². The fraction of sp³-hybridized carbons (Fsp3) is 0.409. The second kappa shape index (κ2) is 8.38. The molecule has 5 heterocycles. The van der Waals surface area contributed by atoms with E-state index in [2.05, 4.69) is 25.4 Å². The zero-order chi connectivity index (χ0) is 25.8. The highest BCUT2D eigenvalue weighted by Gasteiger charge is 2.47. The zero-order valence-electron chi connectivity index (χ0n) is 19.2. The number of nitrogens with zero attached hydrogens (tertiary/aromatic N) is 7. The molecule has 0 saturated carbocycles. The highest BCUT2D eigenvalue weighted by molar-refractivity contribution is 6.05. The third-order valence-electron chi connectivity index (χ3n) is 6.16. The van der Waals surface area contributed by atoms with Crippen LogP contribution in [0.15, 0.2) is 30.7 Å². The monoisotopic (exact) mass is 508 g/mol. The van der Waals surface area contributed by atoms with E-state index in [1.54, 1.807) is 31.3 Å². The van der Waals surface area contributed by atoms with Gasteiger partial charge >= 0.3 is 6.18 Å². The lowest BCUT2D eigenvalue weighted by Gasteiger charge is -2.43. The van der Waals surface area contributed by atoms with E-state index >= 15 is 0 Å². The Hall–Kier alpha value is -3.84. The van der Waals surface area contributed by atoms with Crippen molar-refractivity contribution in [3.8, 4) is 0 Å². The first-order valence-corrected chi connectivity index (χ1v) is 11.0. The number of pyridine rings is 1. The normalized spacial score (nSPS) is 18.9. The van der Waals surface area contributed by atoms with Gasteiger partial charge in [-0.05, 0) is 18.6 Å². The van der Waals surface area contributed by atoms with Gasteiger partial charge in [-0.1, -0.05) is 6.07 Å². The van der Waals surface area contributed by atoms with Gasteiger partial charge in [0, 0.05) is 31.5 Å². The number of carbonyl (C=O) groups excluding carboxylic acids is 1. The molecule has 2 aliphatic heterocycles. The summed E-state index contributed by atoms with van der Waals surface area (Å²) in [6.45, 7) is 1.37. The van der Waals surface area contributed by atoms with Crippen LogP contribution < -0.4 is 15.1 Å². The van der Waals surface area contributed by atoms with Crippen LogP contribution >= 0.6 is 0 Å². The van der Waals surface area contributed by atoms with Gasteiger partial charge < -0.3 is 10.2 Å². The van der Waals surface area contributed by atoms with Gasteiger partial charge in [-0.2, -0.15) is 23.3 Å². The van der Waals surface area contributed by atoms with Crippen molar-refractivity contribution in [1.29, 1.82) is 0 Å². The van der Waals surface area contributed by atoms with Crippen LogP contribution in [0.1, 0.15) is 29.4 Å². The summed E-state index contributed by atoms with van der Waals surface area (Å²) < 4.78 is 68.3. The number of amides is 1. The van der Waals surface area contributed by atoms with Crippen molar-refractivity contribution < 1.29 is 26.7 Å². The molecule has 0 fully saturated rings. The number of carbonyl (C=O) groups is 1. The molecule has 1 amide bonds. The first kappa shape index (κ1) is 23.9.